The predicted octanol–water partition coefficient (Wildman–Crippen LogP) is -8.84. The van der Waals surface area contributed by atoms with Crippen molar-refractivity contribution in [1.82, 2.24) is 0 Å². The van der Waals surface area contributed by atoms with E-state index in [9.17, 15) is 0 Å². The van der Waals surface area contributed by atoms with Crippen LogP contribution in [0.5, 0.6) is 0 Å². The quantitative estimate of drug-likeness (QED) is 0.410. The van der Waals surface area contributed by atoms with Crippen molar-refractivity contribution in [2.24, 2.45) is 0 Å². The smallest absolute Gasteiger partial charge is 1.00 e. The minimum atomic E-state index is 0. The van der Waals surface area contributed by atoms with Crippen molar-refractivity contribution in [3.05, 3.63) is 0 Å². The summed E-state index contributed by atoms with van der Waals surface area (Å²) in [6.45, 7) is 0. The third-order valence-electron chi connectivity index (χ3n) is 0. The summed E-state index contributed by atoms with van der Waals surface area (Å²) >= 11 is 0. The van der Waals surface area contributed by atoms with Gasteiger partial charge in [0.05, 0.1) is 0 Å². The zero-order chi connectivity index (χ0) is 0. The van der Waals surface area contributed by atoms with Gasteiger partial charge in [0.1, 0.15) is 0 Å². The number of hydrogen-bond donors (Lipinski definition) is 0. The van der Waals surface area contributed by atoms with Gasteiger partial charge in [0.25, 0.3) is 0 Å². The van der Waals surface area contributed by atoms with E-state index in [0.29, 0.717) is 0 Å². The van der Waals surface area contributed by atoms with Crippen molar-refractivity contribution in [1.29, 1.82) is 0 Å². The molecule has 0 aromatic heterocycles. The summed E-state index contributed by atoms with van der Waals surface area (Å²) in [5.41, 5.74) is 0. The van der Waals surface area contributed by atoms with Crippen LogP contribution in [0, 0.1) is 40.8 Å². The van der Waals surface area contributed by atoms with Gasteiger partial charge in [-0.15, -0.1) is 0 Å². The molecule has 0 atom stereocenters. The first-order valence-corrected chi connectivity index (χ1v) is 0. The molecule has 33 valence electrons. The Morgan fingerprint density at radius 3 is 0.600 bits per heavy atom. The minimum absolute atomic E-state index is 0. The van der Waals surface area contributed by atoms with Crippen molar-refractivity contribution in [3.63, 3.8) is 0 Å². The SMILES string of the molecule is F.[Cl-].[Cl-].[Cl-].[Nd+3]. The summed E-state index contributed by atoms with van der Waals surface area (Å²) in [6.07, 6.45) is 0. The van der Waals surface area contributed by atoms with Crippen LogP contribution in [0.25, 0.3) is 0 Å². The molecule has 1 radical (unpaired) electrons. The van der Waals surface area contributed by atoms with Crippen LogP contribution in [0.4, 0.5) is 4.70 Å². The van der Waals surface area contributed by atoms with Crippen LogP contribution in [0.3, 0.4) is 0 Å². The number of halogens is 4. The van der Waals surface area contributed by atoms with Gasteiger partial charge in [-0.1, -0.05) is 0 Å². The fourth-order valence-electron chi connectivity index (χ4n) is 0. The van der Waals surface area contributed by atoms with E-state index in [0.717, 1.165) is 0 Å². The summed E-state index contributed by atoms with van der Waals surface area (Å²) in [7, 11) is 0. The van der Waals surface area contributed by atoms with Crippen molar-refractivity contribution < 1.29 is 82.8 Å². The fourth-order valence-corrected chi connectivity index (χ4v) is 0. The van der Waals surface area contributed by atoms with Gasteiger partial charge in [-0.3, -0.25) is 4.70 Å². The van der Waals surface area contributed by atoms with E-state index < -0.39 is 0 Å². The summed E-state index contributed by atoms with van der Waals surface area (Å²) in [4.78, 5) is 0. The Balaban J connectivity index is 0. The van der Waals surface area contributed by atoms with E-state index in [4.69, 9.17) is 0 Å². The first-order valence-electron chi connectivity index (χ1n) is 0. The van der Waals surface area contributed by atoms with Crippen LogP contribution >= 0.6 is 0 Å². The molecule has 0 bridgehead atoms. The molecule has 5 heteroatoms. The predicted molar refractivity (Wildman–Crippen MR) is 2.50 cm³/mol. The number of hydrogen-bond acceptors (Lipinski definition) is 0. The summed E-state index contributed by atoms with van der Waals surface area (Å²) in [5.74, 6) is 0. The topological polar surface area (TPSA) is 0 Å². The maximum atomic E-state index is 0. The largest absolute Gasteiger partial charge is 3.00 e. The third-order valence-corrected chi connectivity index (χ3v) is 0. The van der Waals surface area contributed by atoms with Crippen LogP contribution in [-0.2, 0) is 0 Å². The molecule has 0 spiro atoms. The fraction of sp³-hybridized carbons (Fsp3) is 0. The third kappa shape index (κ3) is 22.9. The van der Waals surface area contributed by atoms with Crippen molar-refractivity contribution in [2.75, 3.05) is 0 Å². The molecule has 0 amide bonds. The van der Waals surface area contributed by atoms with Gasteiger partial charge in [0, 0.05) is 0 Å². The Morgan fingerprint density at radius 1 is 0.600 bits per heavy atom. The second-order valence-electron chi connectivity index (χ2n) is 0. The molecule has 0 rings (SSSR count). The van der Waals surface area contributed by atoms with Gasteiger partial charge in [-0.2, -0.15) is 0 Å². The molecule has 0 aliphatic rings. The van der Waals surface area contributed by atoms with Gasteiger partial charge < -0.3 is 37.2 Å². The summed E-state index contributed by atoms with van der Waals surface area (Å²) < 4.78 is 0. The van der Waals surface area contributed by atoms with Crippen molar-refractivity contribution in [3.8, 4) is 0 Å². The van der Waals surface area contributed by atoms with Crippen LogP contribution in [0.15, 0.2) is 0 Å². The molecule has 0 N–H and O–H groups in total. The van der Waals surface area contributed by atoms with Crippen molar-refractivity contribution in [2.45, 2.75) is 0 Å². The van der Waals surface area contributed by atoms with E-state index in [1.807, 2.05) is 0 Å². The second-order valence-corrected chi connectivity index (χ2v) is 0. The van der Waals surface area contributed by atoms with Crippen LogP contribution in [-0.4, -0.2) is 0 Å². The van der Waals surface area contributed by atoms with Crippen LogP contribution in [0.2, 0.25) is 0 Å². The average molecular weight is 271 g/mol. The number of rotatable bonds is 0. The Bertz CT molecular complexity index is 6.85. The molecular formula is HCl3FNd. The maximum Gasteiger partial charge on any atom is 3.00 e. The molecule has 0 fully saturated rings. The standard InChI is InChI=1S/3ClH.FH.Nd/h4*1H;/q;;;;+3/p-3. The molecule has 0 heterocycles. The molecule has 0 nitrogen and oxygen atoms in total. The van der Waals surface area contributed by atoms with E-state index in [2.05, 4.69) is 0 Å². The first-order chi connectivity index (χ1) is 0. The summed E-state index contributed by atoms with van der Waals surface area (Å²) in [5, 5.41) is 0. The zero-order valence-electron chi connectivity index (χ0n) is 2.04. The van der Waals surface area contributed by atoms with E-state index in [-0.39, 0.29) is 82.8 Å². The minimum Gasteiger partial charge on any atom is -1.00 e. The van der Waals surface area contributed by atoms with Crippen LogP contribution in [0.1, 0.15) is 0 Å². The maximum absolute atomic E-state index is 0. The molecule has 5 heavy (non-hydrogen) atoms. The Morgan fingerprint density at radius 2 is 0.600 bits per heavy atom. The summed E-state index contributed by atoms with van der Waals surface area (Å²) in [6, 6.07) is 0. The van der Waals surface area contributed by atoms with Gasteiger partial charge in [-0.25, -0.2) is 0 Å². The normalized spacial score (nSPS) is 0. The van der Waals surface area contributed by atoms with Crippen molar-refractivity contribution >= 4 is 0 Å². The van der Waals surface area contributed by atoms with Crippen LogP contribution < -0.4 is 37.2 Å². The molecule has 0 aromatic rings. The molecule has 0 saturated heterocycles. The Labute approximate surface area is 81.6 Å². The molecular weight excluding hydrogens is 270 g/mol. The Hall–Kier alpha value is 2.15. The van der Waals surface area contributed by atoms with Gasteiger partial charge in [0.2, 0.25) is 0 Å². The molecule has 0 aromatic carbocycles. The van der Waals surface area contributed by atoms with Gasteiger partial charge in [-0.05, 0) is 0 Å². The molecule has 0 unspecified atom stereocenters. The molecule has 0 aliphatic carbocycles. The molecule has 0 aliphatic heterocycles. The monoisotopic (exact) mass is 267 g/mol. The van der Waals surface area contributed by atoms with E-state index in [1.165, 1.54) is 0 Å². The Kier molecular flexibility index (Phi) is 413. The van der Waals surface area contributed by atoms with Gasteiger partial charge in [0.15, 0.2) is 0 Å². The second kappa shape index (κ2) is 35.3. The van der Waals surface area contributed by atoms with E-state index in [1.54, 1.807) is 0 Å². The van der Waals surface area contributed by atoms with E-state index >= 15 is 0 Å². The van der Waals surface area contributed by atoms with Gasteiger partial charge >= 0.3 is 40.8 Å². The average Bonchev–Trinajstić information content (AvgIpc) is 0. The zero-order valence-corrected chi connectivity index (χ0v) is 7.52. The molecule has 0 saturated carbocycles. The first kappa shape index (κ1) is 58.5.